The SMILES string of the molecule is COc1ccc(NC(=O)/C=C2/NC(=O)CS2)cc1. The predicted octanol–water partition coefficient (Wildman–Crippen LogP) is 1.34. The molecule has 1 fully saturated rings. The van der Waals surface area contributed by atoms with Gasteiger partial charge in [0.05, 0.1) is 17.9 Å². The van der Waals surface area contributed by atoms with Crippen LogP contribution in [0.4, 0.5) is 5.69 Å². The molecule has 1 aliphatic rings. The van der Waals surface area contributed by atoms with Crippen LogP contribution in [0, 0.1) is 0 Å². The van der Waals surface area contributed by atoms with E-state index in [1.807, 2.05) is 0 Å². The zero-order valence-corrected chi connectivity index (χ0v) is 10.5. The van der Waals surface area contributed by atoms with Gasteiger partial charge in [0.25, 0.3) is 5.91 Å². The Labute approximate surface area is 109 Å². The number of thioether (sulfide) groups is 1. The predicted molar refractivity (Wildman–Crippen MR) is 70.3 cm³/mol. The molecule has 2 N–H and O–H groups in total. The van der Waals surface area contributed by atoms with Crippen molar-refractivity contribution in [1.82, 2.24) is 5.32 Å². The monoisotopic (exact) mass is 264 g/mol. The minimum atomic E-state index is -0.273. The first-order chi connectivity index (χ1) is 8.67. The Balaban J connectivity index is 1.96. The molecule has 1 saturated heterocycles. The second kappa shape index (κ2) is 5.59. The standard InChI is InChI=1S/C12H12N2O3S/c1-17-9-4-2-8(3-5-9)13-10(15)6-12-14-11(16)7-18-12/h2-6H,7H2,1H3,(H,13,15)(H,14,16)/b12-6-. The van der Waals surface area contributed by atoms with Gasteiger partial charge in [-0.05, 0) is 24.3 Å². The number of hydrogen-bond donors (Lipinski definition) is 2. The van der Waals surface area contributed by atoms with E-state index in [1.54, 1.807) is 31.4 Å². The molecule has 0 bridgehead atoms. The van der Waals surface area contributed by atoms with E-state index in [1.165, 1.54) is 17.8 Å². The molecule has 0 atom stereocenters. The molecule has 0 aliphatic carbocycles. The zero-order chi connectivity index (χ0) is 13.0. The maximum absolute atomic E-state index is 11.6. The minimum absolute atomic E-state index is 0.0801. The molecule has 0 aromatic heterocycles. The summed E-state index contributed by atoms with van der Waals surface area (Å²) in [4.78, 5) is 22.6. The first-order valence-electron chi connectivity index (χ1n) is 5.27. The summed E-state index contributed by atoms with van der Waals surface area (Å²) >= 11 is 1.32. The van der Waals surface area contributed by atoms with E-state index in [-0.39, 0.29) is 11.8 Å². The second-order valence-electron chi connectivity index (χ2n) is 3.56. The molecule has 6 heteroatoms. The van der Waals surface area contributed by atoms with Crippen molar-refractivity contribution in [2.24, 2.45) is 0 Å². The number of hydrogen-bond acceptors (Lipinski definition) is 4. The van der Waals surface area contributed by atoms with Crippen molar-refractivity contribution in [3.8, 4) is 5.75 Å². The highest BCUT2D eigenvalue weighted by atomic mass is 32.2. The quantitative estimate of drug-likeness (QED) is 0.808. The molecule has 0 spiro atoms. The second-order valence-corrected chi connectivity index (χ2v) is 4.58. The summed E-state index contributed by atoms with van der Waals surface area (Å²) in [6, 6.07) is 7.01. The molecular weight excluding hydrogens is 252 g/mol. The lowest BCUT2D eigenvalue weighted by Crippen LogP contribution is -2.16. The van der Waals surface area contributed by atoms with Crippen LogP contribution in [0.5, 0.6) is 5.75 Å². The Hall–Kier alpha value is -1.95. The van der Waals surface area contributed by atoms with Crippen molar-refractivity contribution in [1.29, 1.82) is 0 Å². The van der Waals surface area contributed by atoms with Crippen molar-refractivity contribution in [2.75, 3.05) is 18.2 Å². The molecule has 1 heterocycles. The fourth-order valence-corrected chi connectivity index (χ4v) is 2.14. The Morgan fingerprint density at radius 1 is 1.44 bits per heavy atom. The van der Waals surface area contributed by atoms with Gasteiger partial charge in [-0.2, -0.15) is 0 Å². The molecule has 2 amide bonds. The topological polar surface area (TPSA) is 67.4 Å². The van der Waals surface area contributed by atoms with Gasteiger partial charge in [-0.3, -0.25) is 9.59 Å². The summed E-state index contributed by atoms with van der Waals surface area (Å²) in [5.41, 5.74) is 0.673. The Kier molecular flexibility index (Phi) is 3.88. The maximum atomic E-state index is 11.6. The van der Waals surface area contributed by atoms with E-state index in [0.29, 0.717) is 16.5 Å². The van der Waals surface area contributed by atoms with Gasteiger partial charge in [0.1, 0.15) is 5.75 Å². The van der Waals surface area contributed by atoms with Gasteiger partial charge >= 0.3 is 0 Å². The molecule has 0 radical (unpaired) electrons. The minimum Gasteiger partial charge on any atom is -0.497 e. The molecule has 18 heavy (non-hydrogen) atoms. The highest BCUT2D eigenvalue weighted by molar-refractivity contribution is 8.04. The highest BCUT2D eigenvalue weighted by Crippen LogP contribution is 2.19. The summed E-state index contributed by atoms with van der Waals surface area (Å²) in [6.07, 6.45) is 1.37. The lowest BCUT2D eigenvalue weighted by atomic mass is 10.3. The van der Waals surface area contributed by atoms with Crippen LogP contribution in [0.25, 0.3) is 0 Å². The largest absolute Gasteiger partial charge is 0.497 e. The third-order valence-corrected chi connectivity index (χ3v) is 3.18. The van der Waals surface area contributed by atoms with E-state index < -0.39 is 0 Å². The number of carbonyl (C=O) groups excluding carboxylic acids is 2. The summed E-state index contributed by atoms with van der Waals surface area (Å²) < 4.78 is 5.02. The summed E-state index contributed by atoms with van der Waals surface area (Å²) in [7, 11) is 1.58. The van der Waals surface area contributed by atoms with Crippen LogP contribution in [-0.2, 0) is 9.59 Å². The fourth-order valence-electron chi connectivity index (χ4n) is 1.40. The number of methoxy groups -OCH3 is 1. The number of nitrogens with one attached hydrogen (secondary N) is 2. The van der Waals surface area contributed by atoms with Crippen LogP contribution in [0.3, 0.4) is 0 Å². The van der Waals surface area contributed by atoms with Gasteiger partial charge in [-0.25, -0.2) is 0 Å². The van der Waals surface area contributed by atoms with Crippen LogP contribution in [-0.4, -0.2) is 24.7 Å². The molecular formula is C12H12N2O3S. The Morgan fingerprint density at radius 2 is 2.17 bits per heavy atom. The van der Waals surface area contributed by atoms with E-state index in [0.717, 1.165) is 5.75 Å². The number of amides is 2. The number of ether oxygens (including phenoxy) is 1. The normalized spacial score (nSPS) is 16.5. The number of rotatable bonds is 3. The van der Waals surface area contributed by atoms with Gasteiger partial charge in [-0.1, -0.05) is 11.8 Å². The van der Waals surface area contributed by atoms with Gasteiger partial charge in [0.15, 0.2) is 0 Å². The van der Waals surface area contributed by atoms with Crippen LogP contribution < -0.4 is 15.4 Å². The lowest BCUT2D eigenvalue weighted by Gasteiger charge is -2.04. The third-order valence-electron chi connectivity index (χ3n) is 2.24. The molecule has 1 aliphatic heterocycles. The van der Waals surface area contributed by atoms with Crippen LogP contribution in [0.1, 0.15) is 0 Å². The van der Waals surface area contributed by atoms with Crippen molar-refractivity contribution >= 4 is 29.3 Å². The number of benzene rings is 1. The van der Waals surface area contributed by atoms with Crippen molar-refractivity contribution in [3.63, 3.8) is 0 Å². The Bertz CT molecular complexity index is 497. The van der Waals surface area contributed by atoms with Crippen molar-refractivity contribution in [2.45, 2.75) is 0 Å². The molecule has 94 valence electrons. The van der Waals surface area contributed by atoms with Crippen LogP contribution >= 0.6 is 11.8 Å². The van der Waals surface area contributed by atoms with Gasteiger partial charge in [0, 0.05) is 11.8 Å². The smallest absolute Gasteiger partial charge is 0.250 e. The molecule has 1 aromatic carbocycles. The highest BCUT2D eigenvalue weighted by Gasteiger charge is 2.15. The average Bonchev–Trinajstić information content (AvgIpc) is 2.75. The summed E-state index contributed by atoms with van der Waals surface area (Å²) in [5, 5.41) is 5.87. The zero-order valence-electron chi connectivity index (χ0n) is 9.73. The Morgan fingerprint density at radius 3 is 2.72 bits per heavy atom. The fraction of sp³-hybridized carbons (Fsp3) is 0.167. The lowest BCUT2D eigenvalue weighted by molar-refractivity contribution is -0.117. The van der Waals surface area contributed by atoms with E-state index in [9.17, 15) is 9.59 Å². The average molecular weight is 264 g/mol. The summed E-state index contributed by atoms with van der Waals surface area (Å²) in [6.45, 7) is 0. The van der Waals surface area contributed by atoms with Gasteiger partial charge in [0.2, 0.25) is 5.91 Å². The van der Waals surface area contributed by atoms with E-state index >= 15 is 0 Å². The molecule has 0 unspecified atom stereocenters. The molecule has 5 nitrogen and oxygen atoms in total. The summed E-state index contributed by atoms with van der Waals surface area (Å²) in [5.74, 6) is 0.736. The maximum Gasteiger partial charge on any atom is 0.250 e. The molecule has 1 aromatic rings. The third kappa shape index (κ3) is 3.27. The molecule has 2 rings (SSSR count). The number of anilines is 1. The molecule has 0 saturated carbocycles. The number of carbonyl (C=O) groups is 2. The van der Waals surface area contributed by atoms with Crippen molar-refractivity contribution < 1.29 is 14.3 Å². The van der Waals surface area contributed by atoms with E-state index in [2.05, 4.69) is 10.6 Å². The van der Waals surface area contributed by atoms with Crippen LogP contribution in [0.15, 0.2) is 35.4 Å². The van der Waals surface area contributed by atoms with E-state index in [4.69, 9.17) is 4.74 Å². The van der Waals surface area contributed by atoms with Crippen LogP contribution in [0.2, 0.25) is 0 Å². The van der Waals surface area contributed by atoms with Gasteiger partial charge in [-0.15, -0.1) is 0 Å². The first kappa shape index (κ1) is 12.5. The van der Waals surface area contributed by atoms with Gasteiger partial charge < -0.3 is 15.4 Å². The first-order valence-corrected chi connectivity index (χ1v) is 6.25. The van der Waals surface area contributed by atoms with Crippen molar-refractivity contribution in [3.05, 3.63) is 35.4 Å².